The molecular weight excluding hydrogens is 204 g/mol. The Balaban J connectivity index is 2.96. The molecule has 0 radical (unpaired) electrons. The predicted molar refractivity (Wildman–Crippen MR) is 64.2 cm³/mol. The van der Waals surface area contributed by atoms with Crippen molar-refractivity contribution < 1.29 is 9.53 Å². The van der Waals surface area contributed by atoms with E-state index in [-0.39, 0.29) is 5.97 Å². The van der Waals surface area contributed by atoms with Crippen LogP contribution in [0.5, 0.6) is 0 Å². The Labute approximate surface area is 95.6 Å². The van der Waals surface area contributed by atoms with Gasteiger partial charge in [-0.1, -0.05) is 12.1 Å². The number of para-hydroxylation sites is 1. The topological polar surface area (TPSA) is 41.9 Å². The Morgan fingerprint density at radius 1 is 1.44 bits per heavy atom. The van der Waals surface area contributed by atoms with E-state index in [1.54, 1.807) is 31.5 Å². The molecule has 0 spiro atoms. The quantitative estimate of drug-likeness (QED) is 0.443. The first-order chi connectivity index (χ1) is 7.65. The molecule has 0 saturated heterocycles. The lowest BCUT2D eigenvalue weighted by Gasteiger charge is -2.06. The van der Waals surface area contributed by atoms with Crippen LogP contribution in [-0.4, -0.2) is 37.9 Å². The average molecular weight is 220 g/mol. The van der Waals surface area contributed by atoms with Gasteiger partial charge in [0.25, 0.3) is 0 Å². The third-order valence-corrected chi connectivity index (χ3v) is 1.83. The lowest BCUT2D eigenvalue weighted by atomic mass is 10.2. The molecule has 0 bridgehead atoms. The summed E-state index contributed by atoms with van der Waals surface area (Å²) in [6.07, 6.45) is 1.65. The molecule has 0 amide bonds. The Kier molecular flexibility index (Phi) is 4.51. The van der Waals surface area contributed by atoms with Crippen molar-refractivity contribution in [2.24, 2.45) is 4.99 Å². The third-order valence-electron chi connectivity index (χ3n) is 1.83. The Morgan fingerprint density at radius 2 is 2.12 bits per heavy atom. The summed E-state index contributed by atoms with van der Waals surface area (Å²) < 4.78 is 4.95. The molecule has 1 aromatic carbocycles. The second-order valence-electron chi connectivity index (χ2n) is 3.45. The molecule has 0 aliphatic rings. The van der Waals surface area contributed by atoms with Crippen molar-refractivity contribution in [3.8, 4) is 0 Å². The highest BCUT2D eigenvalue weighted by atomic mass is 16.5. The number of nitrogens with zero attached hydrogens (tertiary/aromatic N) is 2. The van der Waals surface area contributed by atoms with E-state index in [1.807, 2.05) is 25.1 Å². The molecule has 16 heavy (non-hydrogen) atoms. The lowest BCUT2D eigenvalue weighted by Crippen LogP contribution is -2.08. The number of benzene rings is 1. The maximum Gasteiger partial charge on any atom is 0.340 e. The molecule has 1 aromatic rings. The Morgan fingerprint density at radius 3 is 2.75 bits per heavy atom. The van der Waals surface area contributed by atoms with E-state index < -0.39 is 0 Å². The molecule has 4 heteroatoms. The number of aliphatic imine (C=N–C) groups is 1. The van der Waals surface area contributed by atoms with Gasteiger partial charge in [-0.3, -0.25) is 0 Å². The Hall–Kier alpha value is -1.84. The zero-order chi connectivity index (χ0) is 12.0. The van der Waals surface area contributed by atoms with Gasteiger partial charge in [-0.15, -0.1) is 0 Å². The van der Waals surface area contributed by atoms with Crippen LogP contribution in [0.25, 0.3) is 0 Å². The van der Waals surface area contributed by atoms with Crippen LogP contribution in [0.1, 0.15) is 17.3 Å². The number of ether oxygens (including phenoxy) is 1. The number of carbonyl (C=O) groups excluding carboxylic acids is 1. The van der Waals surface area contributed by atoms with Gasteiger partial charge in [-0.2, -0.15) is 0 Å². The highest BCUT2D eigenvalue weighted by Gasteiger charge is 2.10. The molecule has 0 aromatic heterocycles. The fraction of sp³-hybridized carbons (Fsp3) is 0.333. The average Bonchev–Trinajstić information content (AvgIpc) is 2.27. The van der Waals surface area contributed by atoms with E-state index in [0.29, 0.717) is 17.9 Å². The van der Waals surface area contributed by atoms with E-state index in [9.17, 15) is 4.79 Å². The maximum absolute atomic E-state index is 11.6. The summed E-state index contributed by atoms with van der Waals surface area (Å²) in [6.45, 7) is 2.15. The zero-order valence-corrected chi connectivity index (χ0v) is 9.80. The summed E-state index contributed by atoms with van der Waals surface area (Å²) in [5.41, 5.74) is 1.11. The van der Waals surface area contributed by atoms with Gasteiger partial charge < -0.3 is 9.64 Å². The van der Waals surface area contributed by atoms with Crippen LogP contribution in [0.2, 0.25) is 0 Å². The van der Waals surface area contributed by atoms with E-state index in [2.05, 4.69) is 4.99 Å². The predicted octanol–water partition coefficient (Wildman–Crippen LogP) is 2.08. The van der Waals surface area contributed by atoms with Gasteiger partial charge in [0.05, 0.1) is 24.2 Å². The van der Waals surface area contributed by atoms with Crippen LogP contribution in [0.15, 0.2) is 29.3 Å². The fourth-order valence-electron chi connectivity index (χ4n) is 1.15. The summed E-state index contributed by atoms with van der Waals surface area (Å²) in [5.74, 6) is -0.339. The standard InChI is InChI=1S/C12H16N2O2/c1-4-16-12(15)10-7-5-6-8-11(10)13-9-14(2)3/h5-9H,4H2,1-3H3. The number of hydrogen-bond donors (Lipinski definition) is 0. The molecule has 0 saturated carbocycles. The molecule has 1 rings (SSSR count). The Bertz CT molecular complexity index is 386. The van der Waals surface area contributed by atoms with Crippen molar-refractivity contribution in [1.29, 1.82) is 0 Å². The molecular formula is C12H16N2O2. The van der Waals surface area contributed by atoms with Gasteiger partial charge in [0.15, 0.2) is 0 Å². The van der Waals surface area contributed by atoms with Gasteiger partial charge >= 0.3 is 5.97 Å². The minimum absolute atomic E-state index is 0.339. The summed E-state index contributed by atoms with van der Waals surface area (Å²) in [6, 6.07) is 7.12. The third kappa shape index (κ3) is 3.38. The van der Waals surface area contributed by atoms with E-state index in [0.717, 1.165) is 0 Å². The van der Waals surface area contributed by atoms with Crippen molar-refractivity contribution in [1.82, 2.24) is 4.90 Å². The fourth-order valence-corrected chi connectivity index (χ4v) is 1.15. The molecule has 0 N–H and O–H groups in total. The molecule has 86 valence electrons. The van der Waals surface area contributed by atoms with E-state index >= 15 is 0 Å². The van der Waals surface area contributed by atoms with Crippen LogP contribution in [0, 0.1) is 0 Å². The first-order valence-corrected chi connectivity index (χ1v) is 5.12. The SMILES string of the molecule is CCOC(=O)c1ccccc1N=CN(C)C. The molecule has 0 heterocycles. The summed E-state index contributed by atoms with van der Waals surface area (Å²) in [5, 5.41) is 0. The normalized spacial score (nSPS) is 10.4. The van der Waals surface area contributed by atoms with E-state index in [4.69, 9.17) is 4.74 Å². The molecule has 4 nitrogen and oxygen atoms in total. The second kappa shape index (κ2) is 5.90. The number of hydrogen-bond acceptors (Lipinski definition) is 3. The molecule has 0 fully saturated rings. The van der Waals surface area contributed by atoms with Crippen molar-refractivity contribution in [3.63, 3.8) is 0 Å². The molecule has 0 unspecified atom stereocenters. The summed E-state index contributed by atoms with van der Waals surface area (Å²) in [4.78, 5) is 17.6. The van der Waals surface area contributed by atoms with Crippen molar-refractivity contribution in [2.45, 2.75) is 6.92 Å². The number of rotatable bonds is 4. The smallest absolute Gasteiger partial charge is 0.340 e. The van der Waals surface area contributed by atoms with Crippen LogP contribution in [0.4, 0.5) is 5.69 Å². The monoisotopic (exact) mass is 220 g/mol. The van der Waals surface area contributed by atoms with Crippen molar-refractivity contribution >= 4 is 18.0 Å². The van der Waals surface area contributed by atoms with Gasteiger partial charge in [0, 0.05) is 14.1 Å². The van der Waals surface area contributed by atoms with Gasteiger partial charge in [0.1, 0.15) is 0 Å². The summed E-state index contributed by atoms with van der Waals surface area (Å²) >= 11 is 0. The van der Waals surface area contributed by atoms with E-state index in [1.165, 1.54) is 0 Å². The second-order valence-corrected chi connectivity index (χ2v) is 3.45. The van der Waals surface area contributed by atoms with Gasteiger partial charge in [-0.25, -0.2) is 9.79 Å². The lowest BCUT2D eigenvalue weighted by molar-refractivity contribution is 0.0527. The van der Waals surface area contributed by atoms with Gasteiger partial charge in [-0.05, 0) is 19.1 Å². The summed E-state index contributed by atoms with van der Waals surface area (Å²) in [7, 11) is 3.74. The minimum Gasteiger partial charge on any atom is -0.462 e. The highest BCUT2D eigenvalue weighted by molar-refractivity contribution is 5.95. The van der Waals surface area contributed by atoms with Crippen LogP contribution in [0.3, 0.4) is 0 Å². The number of carbonyl (C=O) groups is 1. The largest absolute Gasteiger partial charge is 0.462 e. The first kappa shape index (κ1) is 12.2. The van der Waals surface area contributed by atoms with Crippen LogP contribution >= 0.6 is 0 Å². The highest BCUT2D eigenvalue weighted by Crippen LogP contribution is 2.19. The van der Waals surface area contributed by atoms with Crippen molar-refractivity contribution in [3.05, 3.63) is 29.8 Å². The molecule has 0 aliphatic carbocycles. The first-order valence-electron chi connectivity index (χ1n) is 5.12. The minimum atomic E-state index is -0.339. The van der Waals surface area contributed by atoms with Crippen molar-refractivity contribution in [2.75, 3.05) is 20.7 Å². The molecule has 0 atom stereocenters. The number of esters is 1. The zero-order valence-electron chi connectivity index (χ0n) is 9.80. The van der Waals surface area contributed by atoms with Gasteiger partial charge in [0.2, 0.25) is 0 Å². The van der Waals surface area contributed by atoms with Crippen LogP contribution in [-0.2, 0) is 4.74 Å². The van der Waals surface area contributed by atoms with Crippen LogP contribution < -0.4 is 0 Å². The maximum atomic E-state index is 11.6. The molecule has 0 aliphatic heterocycles.